The lowest BCUT2D eigenvalue weighted by Crippen LogP contribution is -2.25. The molecule has 0 aliphatic carbocycles. The summed E-state index contributed by atoms with van der Waals surface area (Å²) < 4.78 is 0. The maximum Gasteiger partial charge on any atom is 0.239 e. The van der Waals surface area contributed by atoms with E-state index in [2.05, 4.69) is 15.5 Å². The SMILES string of the molecule is O=C1N/C(=N\N=C\c2cccc(Cl)c2)SC1Cc1ccccc1. The van der Waals surface area contributed by atoms with Gasteiger partial charge < -0.3 is 5.32 Å². The maximum atomic E-state index is 12.0. The Balaban J connectivity index is 1.62. The molecule has 1 heterocycles. The molecule has 0 radical (unpaired) electrons. The largest absolute Gasteiger partial charge is 0.303 e. The second-order valence-corrected chi connectivity index (χ2v) is 6.62. The van der Waals surface area contributed by atoms with Crippen LogP contribution in [-0.4, -0.2) is 22.5 Å². The predicted octanol–water partition coefficient (Wildman–Crippen LogP) is 3.50. The van der Waals surface area contributed by atoms with Gasteiger partial charge in [0.25, 0.3) is 0 Å². The van der Waals surface area contributed by atoms with Gasteiger partial charge in [-0.05, 0) is 29.7 Å². The maximum absolute atomic E-state index is 12.0. The second kappa shape index (κ2) is 7.44. The molecule has 0 saturated carbocycles. The lowest BCUT2D eigenvalue weighted by Gasteiger charge is -2.04. The molecule has 3 rings (SSSR count). The Hall–Kier alpha value is -2.11. The third kappa shape index (κ3) is 4.43. The van der Waals surface area contributed by atoms with Crippen molar-refractivity contribution in [3.63, 3.8) is 0 Å². The zero-order chi connectivity index (χ0) is 16.1. The Labute approximate surface area is 143 Å². The first-order chi connectivity index (χ1) is 11.2. The number of hydrogen-bond donors (Lipinski definition) is 1. The zero-order valence-electron chi connectivity index (χ0n) is 12.1. The number of nitrogens with one attached hydrogen (secondary N) is 1. The van der Waals surface area contributed by atoms with Crippen LogP contribution in [0.5, 0.6) is 0 Å². The molecular formula is C17H14ClN3OS. The first-order valence-electron chi connectivity index (χ1n) is 7.09. The van der Waals surface area contributed by atoms with Crippen LogP contribution in [0.15, 0.2) is 64.8 Å². The number of benzene rings is 2. The lowest BCUT2D eigenvalue weighted by atomic mass is 10.1. The molecule has 1 aliphatic rings. The normalized spacial score (nSPS) is 19.4. The van der Waals surface area contributed by atoms with Gasteiger partial charge in [-0.1, -0.05) is 65.8 Å². The number of halogens is 1. The van der Waals surface area contributed by atoms with E-state index in [1.54, 1.807) is 18.3 Å². The number of rotatable bonds is 4. The van der Waals surface area contributed by atoms with E-state index in [0.29, 0.717) is 16.6 Å². The van der Waals surface area contributed by atoms with Crippen molar-refractivity contribution in [3.8, 4) is 0 Å². The van der Waals surface area contributed by atoms with Crippen LogP contribution in [0.1, 0.15) is 11.1 Å². The molecule has 0 bridgehead atoms. The highest BCUT2D eigenvalue weighted by Gasteiger charge is 2.30. The summed E-state index contributed by atoms with van der Waals surface area (Å²) in [4.78, 5) is 12.0. The number of thioether (sulfide) groups is 1. The van der Waals surface area contributed by atoms with Gasteiger partial charge in [0.05, 0.1) is 11.5 Å². The fourth-order valence-electron chi connectivity index (χ4n) is 2.15. The fourth-order valence-corrected chi connectivity index (χ4v) is 3.31. The van der Waals surface area contributed by atoms with Crippen LogP contribution in [0, 0.1) is 0 Å². The van der Waals surface area contributed by atoms with Gasteiger partial charge in [0.2, 0.25) is 5.91 Å². The highest BCUT2D eigenvalue weighted by Crippen LogP contribution is 2.23. The highest BCUT2D eigenvalue weighted by molar-refractivity contribution is 8.15. The summed E-state index contributed by atoms with van der Waals surface area (Å²) in [5.74, 6) is -0.0319. The quantitative estimate of drug-likeness (QED) is 0.682. The molecule has 116 valence electrons. The van der Waals surface area contributed by atoms with Gasteiger partial charge in [0.1, 0.15) is 0 Å². The number of amides is 1. The van der Waals surface area contributed by atoms with E-state index in [-0.39, 0.29) is 11.2 Å². The Morgan fingerprint density at radius 3 is 2.78 bits per heavy atom. The van der Waals surface area contributed by atoms with Crippen LogP contribution in [0.25, 0.3) is 0 Å². The van der Waals surface area contributed by atoms with Crippen LogP contribution < -0.4 is 5.32 Å². The summed E-state index contributed by atoms with van der Waals surface area (Å²) >= 11 is 7.31. The van der Waals surface area contributed by atoms with Gasteiger partial charge in [0, 0.05) is 5.02 Å². The summed E-state index contributed by atoms with van der Waals surface area (Å²) in [6, 6.07) is 17.3. The van der Waals surface area contributed by atoms with E-state index in [1.165, 1.54) is 11.8 Å². The van der Waals surface area contributed by atoms with Gasteiger partial charge in [-0.25, -0.2) is 0 Å². The first kappa shape index (κ1) is 15.8. The minimum Gasteiger partial charge on any atom is -0.303 e. The van der Waals surface area contributed by atoms with E-state index in [1.807, 2.05) is 42.5 Å². The zero-order valence-corrected chi connectivity index (χ0v) is 13.7. The monoisotopic (exact) mass is 343 g/mol. The standard InChI is InChI=1S/C17H14ClN3OS/c18-14-8-4-7-13(9-14)11-19-21-17-20-16(22)15(23-17)10-12-5-2-1-3-6-12/h1-9,11,15H,10H2,(H,20,21,22)/b19-11+. The molecule has 1 saturated heterocycles. The smallest absolute Gasteiger partial charge is 0.239 e. The Morgan fingerprint density at radius 1 is 1.17 bits per heavy atom. The molecule has 1 unspecified atom stereocenters. The lowest BCUT2D eigenvalue weighted by molar-refractivity contribution is -0.118. The average molecular weight is 344 g/mol. The molecule has 1 N–H and O–H groups in total. The number of carbonyl (C=O) groups excluding carboxylic acids is 1. The summed E-state index contributed by atoms with van der Waals surface area (Å²) in [6.07, 6.45) is 2.28. The molecule has 0 aromatic heterocycles. The third-order valence-electron chi connectivity index (χ3n) is 3.24. The first-order valence-corrected chi connectivity index (χ1v) is 8.34. The van der Waals surface area contributed by atoms with E-state index in [4.69, 9.17) is 11.6 Å². The van der Waals surface area contributed by atoms with Gasteiger partial charge in [-0.15, -0.1) is 5.10 Å². The van der Waals surface area contributed by atoms with E-state index in [9.17, 15) is 4.79 Å². The number of carbonyl (C=O) groups is 1. The fraction of sp³-hybridized carbons (Fsp3) is 0.118. The topological polar surface area (TPSA) is 53.8 Å². The number of hydrogen-bond acceptors (Lipinski definition) is 4. The summed E-state index contributed by atoms with van der Waals surface area (Å²) in [5.41, 5.74) is 1.99. The second-order valence-electron chi connectivity index (χ2n) is 4.99. The molecule has 6 heteroatoms. The Bertz CT molecular complexity index is 761. The third-order valence-corrected chi connectivity index (χ3v) is 4.55. The van der Waals surface area contributed by atoms with Crippen molar-refractivity contribution in [3.05, 3.63) is 70.7 Å². The molecule has 23 heavy (non-hydrogen) atoms. The Kier molecular flexibility index (Phi) is 5.10. The minimum absolute atomic E-state index is 0.0319. The van der Waals surface area contributed by atoms with Crippen molar-refractivity contribution in [1.82, 2.24) is 5.32 Å². The molecule has 2 aromatic carbocycles. The van der Waals surface area contributed by atoms with Gasteiger partial charge in [0.15, 0.2) is 5.17 Å². The summed E-state index contributed by atoms with van der Waals surface area (Å²) in [5, 5.41) is 11.8. The number of nitrogens with zero attached hydrogens (tertiary/aromatic N) is 2. The van der Waals surface area contributed by atoms with Crippen LogP contribution in [-0.2, 0) is 11.2 Å². The summed E-state index contributed by atoms with van der Waals surface area (Å²) in [6.45, 7) is 0. The molecule has 1 atom stereocenters. The molecule has 1 fully saturated rings. The van der Waals surface area contributed by atoms with Gasteiger partial charge >= 0.3 is 0 Å². The van der Waals surface area contributed by atoms with Crippen molar-refractivity contribution >= 4 is 40.7 Å². The van der Waals surface area contributed by atoms with Crippen LogP contribution in [0.2, 0.25) is 5.02 Å². The van der Waals surface area contributed by atoms with Crippen LogP contribution in [0.4, 0.5) is 0 Å². The van der Waals surface area contributed by atoms with Gasteiger partial charge in [-0.2, -0.15) is 5.10 Å². The average Bonchev–Trinajstić information content (AvgIpc) is 2.88. The molecule has 4 nitrogen and oxygen atoms in total. The van der Waals surface area contributed by atoms with Crippen molar-refractivity contribution in [2.24, 2.45) is 10.2 Å². The molecule has 2 aromatic rings. The highest BCUT2D eigenvalue weighted by atomic mass is 35.5. The van der Waals surface area contributed by atoms with Crippen molar-refractivity contribution in [2.45, 2.75) is 11.7 Å². The van der Waals surface area contributed by atoms with Crippen molar-refractivity contribution in [2.75, 3.05) is 0 Å². The van der Waals surface area contributed by atoms with E-state index < -0.39 is 0 Å². The van der Waals surface area contributed by atoms with Crippen LogP contribution >= 0.6 is 23.4 Å². The summed E-state index contributed by atoms with van der Waals surface area (Å²) in [7, 11) is 0. The van der Waals surface area contributed by atoms with E-state index >= 15 is 0 Å². The predicted molar refractivity (Wildman–Crippen MR) is 96.1 cm³/mol. The van der Waals surface area contributed by atoms with Crippen molar-refractivity contribution in [1.29, 1.82) is 0 Å². The van der Waals surface area contributed by atoms with E-state index in [0.717, 1.165) is 11.1 Å². The molecule has 1 aliphatic heterocycles. The molecular weight excluding hydrogens is 330 g/mol. The molecule has 0 spiro atoms. The minimum atomic E-state index is -0.169. The van der Waals surface area contributed by atoms with Crippen molar-refractivity contribution < 1.29 is 4.79 Å². The van der Waals surface area contributed by atoms with Crippen LogP contribution in [0.3, 0.4) is 0 Å². The van der Waals surface area contributed by atoms with Gasteiger partial charge in [-0.3, -0.25) is 4.79 Å². The Morgan fingerprint density at radius 2 is 2.00 bits per heavy atom. The molecule has 1 amide bonds. The number of amidine groups is 1.